The average molecular weight is 475 g/mol. The number of hydrogen-bond donors (Lipinski definition) is 0. The lowest BCUT2D eigenvalue weighted by molar-refractivity contribution is 0.562. The Morgan fingerprint density at radius 3 is 1.11 bits per heavy atom. The molecule has 0 unspecified atom stereocenters. The largest absolute Gasteiger partial charge is 0.0776 e. The van der Waals surface area contributed by atoms with E-state index in [-0.39, 0.29) is 21.7 Å². The van der Waals surface area contributed by atoms with Crippen molar-refractivity contribution in [3.63, 3.8) is 0 Å². The van der Waals surface area contributed by atoms with Gasteiger partial charge in [0.1, 0.15) is 0 Å². The van der Waals surface area contributed by atoms with Gasteiger partial charge < -0.3 is 0 Å². The number of fused-ring (bicyclic) bond motifs is 4. The normalized spacial score (nSPS) is 22.9. The molecule has 0 aromatic heterocycles. The van der Waals surface area contributed by atoms with Gasteiger partial charge in [0.25, 0.3) is 0 Å². The van der Waals surface area contributed by atoms with Crippen LogP contribution < -0.4 is 0 Å². The van der Waals surface area contributed by atoms with Crippen molar-refractivity contribution < 1.29 is 0 Å². The van der Waals surface area contributed by atoms with Gasteiger partial charge in [-0.1, -0.05) is 116 Å². The molecule has 0 atom stereocenters. The van der Waals surface area contributed by atoms with Gasteiger partial charge in [-0.3, -0.25) is 0 Å². The van der Waals surface area contributed by atoms with E-state index in [1.165, 1.54) is 44.5 Å². The Kier molecular flexibility index (Phi) is 4.93. The van der Waals surface area contributed by atoms with Crippen molar-refractivity contribution in [2.75, 3.05) is 0 Å². The molecule has 0 fully saturated rings. The summed E-state index contributed by atoms with van der Waals surface area (Å²) in [5.41, 5.74) is 15.6. The van der Waals surface area contributed by atoms with Crippen LogP contribution in [0.5, 0.6) is 0 Å². The third kappa shape index (κ3) is 3.55. The lowest BCUT2D eigenvalue weighted by atomic mass is 9.67. The van der Waals surface area contributed by atoms with E-state index in [0.29, 0.717) is 0 Å². The number of allylic oxidation sites excluding steroid dienone is 8. The Balaban J connectivity index is 1.28. The summed E-state index contributed by atoms with van der Waals surface area (Å²) >= 11 is 0. The summed E-state index contributed by atoms with van der Waals surface area (Å²) in [5.74, 6) is 0. The molecule has 0 heterocycles. The first-order valence-electron chi connectivity index (χ1n) is 13.9. The van der Waals surface area contributed by atoms with Gasteiger partial charge in [-0.15, -0.1) is 0 Å². The molecule has 0 saturated heterocycles. The van der Waals surface area contributed by atoms with Gasteiger partial charge in [0, 0.05) is 21.7 Å². The fourth-order valence-electron chi connectivity index (χ4n) is 6.98. The standard InChI is InChI=1S/C36H42/c1-33(2)15-17-35(5,6)31-21-27-23(11-13-25(27)19-29(31)33)9-10-24-12-14-26-20-30-32(22-28(24)26)36(7,8)18-16-34(30,3)4/h11-12,15-22H,9-10,13-14H2,1-8H3. The van der Waals surface area contributed by atoms with Crippen LogP contribution in [0, 0.1) is 0 Å². The van der Waals surface area contributed by atoms with E-state index in [9.17, 15) is 0 Å². The zero-order chi connectivity index (χ0) is 25.7. The van der Waals surface area contributed by atoms with Crippen molar-refractivity contribution in [1.29, 1.82) is 0 Å². The molecule has 0 nitrogen and oxygen atoms in total. The highest BCUT2D eigenvalue weighted by Crippen LogP contribution is 2.47. The van der Waals surface area contributed by atoms with Crippen molar-refractivity contribution in [2.45, 2.75) is 103 Å². The Morgan fingerprint density at radius 1 is 0.472 bits per heavy atom. The van der Waals surface area contributed by atoms with E-state index in [4.69, 9.17) is 0 Å². The predicted molar refractivity (Wildman–Crippen MR) is 156 cm³/mol. The summed E-state index contributed by atoms with van der Waals surface area (Å²) in [6.45, 7) is 18.9. The maximum absolute atomic E-state index is 2.54. The molecule has 2 aromatic carbocycles. The van der Waals surface area contributed by atoms with Crippen molar-refractivity contribution in [2.24, 2.45) is 0 Å². The molecule has 0 saturated carbocycles. The molecule has 186 valence electrons. The average Bonchev–Trinajstić information content (AvgIpc) is 3.40. The third-order valence-electron chi connectivity index (χ3n) is 9.59. The molecule has 0 aliphatic heterocycles. The molecule has 0 amide bonds. The quantitative estimate of drug-likeness (QED) is 0.389. The van der Waals surface area contributed by atoms with Gasteiger partial charge in [0.2, 0.25) is 0 Å². The first-order chi connectivity index (χ1) is 16.8. The van der Waals surface area contributed by atoms with Gasteiger partial charge in [-0.25, -0.2) is 0 Å². The van der Waals surface area contributed by atoms with Crippen LogP contribution in [-0.4, -0.2) is 0 Å². The van der Waals surface area contributed by atoms with Crippen molar-refractivity contribution in [1.82, 2.24) is 0 Å². The van der Waals surface area contributed by atoms with Crippen molar-refractivity contribution in [3.05, 3.63) is 105 Å². The minimum absolute atomic E-state index is 0.0919. The number of hydrogen-bond acceptors (Lipinski definition) is 0. The minimum atomic E-state index is 0.0919. The second kappa shape index (κ2) is 7.47. The molecule has 0 bridgehead atoms. The molecule has 6 rings (SSSR count). The zero-order valence-corrected chi connectivity index (χ0v) is 23.6. The van der Waals surface area contributed by atoms with Crippen LogP contribution in [0.1, 0.15) is 113 Å². The molecular weight excluding hydrogens is 432 g/mol. The van der Waals surface area contributed by atoms with Crippen LogP contribution in [0.4, 0.5) is 0 Å². The van der Waals surface area contributed by atoms with Crippen LogP contribution in [0.25, 0.3) is 11.1 Å². The topological polar surface area (TPSA) is 0 Å². The van der Waals surface area contributed by atoms with Gasteiger partial charge in [0.15, 0.2) is 0 Å². The van der Waals surface area contributed by atoms with Gasteiger partial charge in [-0.05, 0) is 81.3 Å². The van der Waals surface area contributed by atoms with Gasteiger partial charge in [0.05, 0.1) is 0 Å². The fraction of sp³-hybridized carbons (Fsp3) is 0.444. The number of benzene rings is 2. The highest BCUT2D eigenvalue weighted by Gasteiger charge is 2.36. The molecule has 0 spiro atoms. The highest BCUT2D eigenvalue weighted by atomic mass is 14.4. The lowest BCUT2D eigenvalue weighted by Crippen LogP contribution is -2.29. The van der Waals surface area contributed by atoms with Crippen LogP contribution in [0.3, 0.4) is 0 Å². The Hall–Kier alpha value is -2.60. The van der Waals surface area contributed by atoms with Crippen LogP contribution in [-0.2, 0) is 34.5 Å². The first-order valence-corrected chi connectivity index (χ1v) is 13.9. The second-order valence-electron chi connectivity index (χ2n) is 14.0. The predicted octanol–water partition coefficient (Wildman–Crippen LogP) is 9.30. The van der Waals surface area contributed by atoms with E-state index in [0.717, 1.165) is 25.7 Å². The molecule has 36 heavy (non-hydrogen) atoms. The molecule has 0 heteroatoms. The highest BCUT2D eigenvalue weighted by molar-refractivity contribution is 5.80. The smallest absolute Gasteiger partial charge is 0.00789 e. The van der Waals surface area contributed by atoms with E-state index in [1.54, 1.807) is 11.1 Å². The minimum Gasteiger partial charge on any atom is -0.0776 e. The van der Waals surface area contributed by atoms with E-state index in [2.05, 4.69) is 116 Å². The SMILES string of the molecule is CC1(C)C=CC(C)(C)c2cc3c(cc21)CC=C3CCC1=CCc2cc3c(cc21)C(C)(C)C=CC3(C)C. The second-order valence-corrected chi connectivity index (χ2v) is 14.0. The van der Waals surface area contributed by atoms with Crippen molar-refractivity contribution >= 4 is 11.1 Å². The summed E-state index contributed by atoms with van der Waals surface area (Å²) in [6, 6.07) is 10.1. The maximum atomic E-state index is 2.54. The zero-order valence-electron chi connectivity index (χ0n) is 23.6. The van der Waals surface area contributed by atoms with Crippen LogP contribution in [0.15, 0.2) is 60.7 Å². The monoisotopic (exact) mass is 474 g/mol. The molecule has 4 aliphatic rings. The summed E-state index contributed by atoms with van der Waals surface area (Å²) < 4.78 is 0. The van der Waals surface area contributed by atoms with E-state index < -0.39 is 0 Å². The molecule has 2 aromatic rings. The van der Waals surface area contributed by atoms with Gasteiger partial charge in [-0.2, -0.15) is 0 Å². The molecule has 4 aliphatic carbocycles. The first kappa shape index (κ1) is 23.8. The van der Waals surface area contributed by atoms with E-state index >= 15 is 0 Å². The summed E-state index contributed by atoms with van der Waals surface area (Å²) in [6.07, 6.45) is 19.1. The maximum Gasteiger partial charge on any atom is 0.00789 e. The summed E-state index contributed by atoms with van der Waals surface area (Å²) in [5, 5.41) is 0. The fourth-order valence-corrected chi connectivity index (χ4v) is 6.98. The van der Waals surface area contributed by atoms with Gasteiger partial charge >= 0.3 is 0 Å². The molecule has 0 N–H and O–H groups in total. The number of rotatable bonds is 3. The summed E-state index contributed by atoms with van der Waals surface area (Å²) in [7, 11) is 0. The van der Waals surface area contributed by atoms with E-state index in [1.807, 2.05) is 0 Å². The summed E-state index contributed by atoms with van der Waals surface area (Å²) in [4.78, 5) is 0. The Morgan fingerprint density at radius 2 is 0.778 bits per heavy atom. The third-order valence-corrected chi connectivity index (χ3v) is 9.59. The molecular formula is C36H42. The Labute approximate surface area is 218 Å². The van der Waals surface area contributed by atoms with Crippen LogP contribution >= 0.6 is 0 Å². The van der Waals surface area contributed by atoms with Crippen LogP contribution in [0.2, 0.25) is 0 Å². The molecule has 0 radical (unpaired) electrons. The lowest BCUT2D eigenvalue weighted by Gasteiger charge is -2.37. The van der Waals surface area contributed by atoms with Crippen molar-refractivity contribution in [3.8, 4) is 0 Å². The Bertz CT molecular complexity index is 1300.